The van der Waals surface area contributed by atoms with E-state index in [0.717, 1.165) is 15.8 Å². The molecule has 0 bridgehead atoms. The molecule has 0 saturated heterocycles. The second-order valence-corrected chi connectivity index (χ2v) is 8.24. The Kier molecular flexibility index (Phi) is 5.74. The maximum atomic E-state index is 13.1. The van der Waals surface area contributed by atoms with Crippen LogP contribution in [0, 0.1) is 0 Å². The van der Waals surface area contributed by atoms with Gasteiger partial charge in [-0.25, -0.2) is 9.19 Å². The van der Waals surface area contributed by atoms with Crippen LogP contribution in [0.15, 0.2) is 65.6 Å². The molecule has 170 valence electrons. The Labute approximate surface area is 202 Å². The lowest BCUT2D eigenvalue weighted by Gasteiger charge is -2.09. The predicted molar refractivity (Wildman–Crippen MR) is 129 cm³/mol. The van der Waals surface area contributed by atoms with Gasteiger partial charge >= 0.3 is 0 Å². The van der Waals surface area contributed by atoms with Gasteiger partial charge in [0.25, 0.3) is 11.5 Å². The monoisotopic (exact) mass is 494 g/mol. The highest BCUT2D eigenvalue weighted by molar-refractivity contribution is 6.31. The first kappa shape index (κ1) is 22.0. The van der Waals surface area contributed by atoms with Crippen molar-refractivity contribution in [1.82, 2.24) is 24.5 Å². The number of carbonyl (C=O) groups excluding carboxylic acids is 1. The van der Waals surface area contributed by atoms with Crippen molar-refractivity contribution in [3.8, 4) is 11.1 Å². The first-order valence-corrected chi connectivity index (χ1v) is 10.8. The van der Waals surface area contributed by atoms with E-state index in [9.17, 15) is 9.59 Å². The smallest absolute Gasteiger partial charge is 0.299 e. The number of aromatic nitrogens is 5. The summed E-state index contributed by atoms with van der Waals surface area (Å²) in [6.07, 6.45) is 1.44. The Morgan fingerprint density at radius 2 is 1.68 bits per heavy atom. The lowest BCUT2D eigenvalue weighted by atomic mass is 10.1. The number of ether oxygens (including phenoxy) is 1. The minimum Gasteiger partial charge on any atom is -0.378 e. The molecule has 34 heavy (non-hydrogen) atoms. The first-order chi connectivity index (χ1) is 16.5. The molecular formula is C23H16Cl2N6O3. The van der Waals surface area contributed by atoms with Crippen LogP contribution in [0.5, 0.6) is 0 Å². The van der Waals surface area contributed by atoms with Crippen LogP contribution in [0.25, 0.3) is 27.8 Å². The van der Waals surface area contributed by atoms with Crippen LogP contribution >= 0.6 is 23.2 Å². The van der Waals surface area contributed by atoms with E-state index in [1.807, 2.05) is 12.1 Å². The summed E-state index contributed by atoms with van der Waals surface area (Å²) in [7, 11) is 1.57. The topological polar surface area (TPSA) is 103 Å². The number of hydrogen-bond donors (Lipinski definition) is 1. The minimum atomic E-state index is -0.550. The van der Waals surface area contributed by atoms with Gasteiger partial charge in [0.05, 0.1) is 17.9 Å². The third-order valence-corrected chi connectivity index (χ3v) is 5.70. The molecule has 3 heterocycles. The van der Waals surface area contributed by atoms with Gasteiger partial charge in [-0.2, -0.15) is 5.10 Å². The number of benzene rings is 2. The van der Waals surface area contributed by atoms with Gasteiger partial charge < -0.3 is 4.74 Å². The molecule has 5 aromatic rings. The molecule has 0 atom stereocenters. The third-order valence-electron chi connectivity index (χ3n) is 5.19. The van der Waals surface area contributed by atoms with Crippen molar-refractivity contribution in [2.24, 2.45) is 0 Å². The Morgan fingerprint density at radius 3 is 2.35 bits per heavy atom. The van der Waals surface area contributed by atoms with Crippen molar-refractivity contribution in [3.05, 3.63) is 92.5 Å². The molecular weight excluding hydrogens is 479 g/mol. The number of fused-ring (bicyclic) bond motifs is 3. The molecule has 0 saturated carbocycles. The Morgan fingerprint density at radius 1 is 1.00 bits per heavy atom. The highest BCUT2D eigenvalue weighted by Crippen LogP contribution is 2.30. The van der Waals surface area contributed by atoms with E-state index in [0.29, 0.717) is 32.5 Å². The van der Waals surface area contributed by atoms with Crippen LogP contribution < -0.4 is 11.0 Å². The van der Waals surface area contributed by atoms with Gasteiger partial charge in [0.1, 0.15) is 5.52 Å². The molecule has 0 aliphatic heterocycles. The molecule has 3 aromatic heterocycles. The average molecular weight is 495 g/mol. The fraction of sp³-hybridized carbons (Fsp3) is 0.0870. The van der Waals surface area contributed by atoms with Gasteiger partial charge in [-0.15, -0.1) is 10.2 Å². The molecule has 0 aliphatic carbocycles. The lowest BCUT2D eigenvalue weighted by Crippen LogP contribution is -2.33. The quantitative estimate of drug-likeness (QED) is 0.396. The van der Waals surface area contributed by atoms with Crippen LogP contribution in [0.1, 0.15) is 16.1 Å². The van der Waals surface area contributed by atoms with Crippen LogP contribution in [0.3, 0.4) is 0 Å². The molecule has 1 N–H and O–H groups in total. The Balaban J connectivity index is 1.61. The zero-order valence-electron chi connectivity index (χ0n) is 17.7. The summed E-state index contributed by atoms with van der Waals surface area (Å²) in [5, 5.41) is 14.2. The second kappa shape index (κ2) is 8.86. The van der Waals surface area contributed by atoms with Crippen LogP contribution in [0.2, 0.25) is 10.0 Å². The summed E-state index contributed by atoms with van der Waals surface area (Å²) in [6.45, 7) is 0.233. The SMILES string of the molecule is COCc1nn2c(nnc3c(=O)n(NC(=O)c4ccc(Cl)cc4)ccc32)c1-c1ccc(Cl)cc1. The largest absolute Gasteiger partial charge is 0.378 e. The summed E-state index contributed by atoms with van der Waals surface area (Å²) in [5.74, 6) is -0.473. The number of carbonyl (C=O) groups is 1. The van der Waals surface area contributed by atoms with E-state index in [-0.39, 0.29) is 12.1 Å². The molecule has 5 rings (SSSR count). The molecule has 2 aromatic carbocycles. The molecule has 11 heteroatoms. The molecule has 0 unspecified atom stereocenters. The molecule has 0 spiro atoms. The summed E-state index contributed by atoms with van der Waals surface area (Å²) in [6, 6.07) is 15.2. The van der Waals surface area contributed by atoms with Crippen molar-refractivity contribution < 1.29 is 9.53 Å². The van der Waals surface area contributed by atoms with Gasteiger partial charge in [0.2, 0.25) is 0 Å². The number of hydrogen-bond acceptors (Lipinski definition) is 6. The zero-order valence-corrected chi connectivity index (χ0v) is 19.2. The summed E-state index contributed by atoms with van der Waals surface area (Å²) in [5.41, 5.74) is 5.48. The molecule has 0 radical (unpaired) electrons. The molecule has 0 fully saturated rings. The summed E-state index contributed by atoms with van der Waals surface area (Å²) >= 11 is 11.9. The van der Waals surface area contributed by atoms with E-state index in [2.05, 4.69) is 20.7 Å². The standard InChI is InChI=1S/C23H16Cl2N6O3/c1-34-12-17-19(13-2-6-15(24)7-3-13)21-27-26-20-18(31(21)28-17)10-11-30(23(20)33)29-22(32)14-4-8-16(25)9-5-14/h2-11H,12H2,1H3,(H,29,32). The van der Waals surface area contributed by atoms with Crippen molar-refractivity contribution in [2.45, 2.75) is 6.61 Å². The maximum Gasteiger partial charge on any atom is 0.299 e. The number of pyridine rings is 1. The van der Waals surface area contributed by atoms with Gasteiger partial charge in [0.15, 0.2) is 11.2 Å². The van der Waals surface area contributed by atoms with Crippen LogP contribution in [0.4, 0.5) is 0 Å². The third kappa shape index (κ3) is 3.90. The highest BCUT2D eigenvalue weighted by atomic mass is 35.5. The number of nitrogens with one attached hydrogen (secondary N) is 1. The van der Waals surface area contributed by atoms with Gasteiger partial charge in [-0.05, 0) is 48.0 Å². The number of halogens is 2. The first-order valence-electron chi connectivity index (χ1n) is 10.1. The minimum absolute atomic E-state index is 0.0422. The van der Waals surface area contributed by atoms with E-state index in [4.69, 9.17) is 27.9 Å². The molecule has 0 aliphatic rings. The Hall–Kier alpha value is -3.79. The lowest BCUT2D eigenvalue weighted by molar-refractivity contribution is 0.101. The second-order valence-electron chi connectivity index (χ2n) is 7.37. The normalized spacial score (nSPS) is 11.3. The highest BCUT2D eigenvalue weighted by Gasteiger charge is 2.20. The number of methoxy groups -OCH3 is 1. The van der Waals surface area contributed by atoms with E-state index < -0.39 is 11.5 Å². The predicted octanol–water partition coefficient (Wildman–Crippen LogP) is 3.94. The molecule has 1 amide bonds. The van der Waals surface area contributed by atoms with Crippen molar-refractivity contribution in [1.29, 1.82) is 0 Å². The summed E-state index contributed by atoms with van der Waals surface area (Å²) < 4.78 is 7.92. The fourth-order valence-electron chi connectivity index (χ4n) is 3.60. The van der Waals surface area contributed by atoms with Crippen molar-refractivity contribution in [2.75, 3.05) is 12.5 Å². The molecule has 9 nitrogen and oxygen atoms in total. The Bertz CT molecular complexity index is 1590. The van der Waals surface area contributed by atoms with E-state index in [1.54, 1.807) is 54.1 Å². The fourth-order valence-corrected chi connectivity index (χ4v) is 3.86. The van der Waals surface area contributed by atoms with Crippen molar-refractivity contribution in [3.63, 3.8) is 0 Å². The summed E-state index contributed by atoms with van der Waals surface area (Å²) in [4.78, 5) is 25.6. The number of rotatable bonds is 5. The van der Waals surface area contributed by atoms with Crippen LogP contribution in [-0.2, 0) is 11.3 Å². The van der Waals surface area contributed by atoms with Crippen molar-refractivity contribution >= 4 is 45.8 Å². The van der Waals surface area contributed by atoms with Crippen LogP contribution in [-0.4, -0.2) is 37.5 Å². The average Bonchev–Trinajstić information content (AvgIpc) is 3.20. The maximum absolute atomic E-state index is 13.1. The van der Waals surface area contributed by atoms with E-state index >= 15 is 0 Å². The van der Waals surface area contributed by atoms with Gasteiger partial charge in [-0.1, -0.05) is 35.3 Å². The zero-order chi connectivity index (χ0) is 23.8. The number of amides is 1. The van der Waals surface area contributed by atoms with Gasteiger partial charge in [-0.3, -0.25) is 15.0 Å². The van der Waals surface area contributed by atoms with Gasteiger partial charge in [0, 0.05) is 28.9 Å². The number of nitrogens with zero attached hydrogens (tertiary/aromatic N) is 5. The van der Waals surface area contributed by atoms with E-state index in [1.165, 1.54) is 6.20 Å².